The molecule has 1 aliphatic rings. The molecule has 0 aliphatic heterocycles. The van der Waals surface area contributed by atoms with Gasteiger partial charge in [-0.2, -0.15) is 5.26 Å². The van der Waals surface area contributed by atoms with E-state index in [0.29, 0.717) is 5.57 Å². The molecule has 0 bridgehead atoms. The largest absolute Gasteiger partial charge is 0.192 e. The molecule has 0 spiro atoms. The van der Waals surface area contributed by atoms with Crippen LogP contribution in [0.25, 0.3) is 0 Å². The summed E-state index contributed by atoms with van der Waals surface area (Å²) in [6.07, 6.45) is 20.7. The topological polar surface area (TPSA) is 23.8 Å². The molecule has 14 heavy (non-hydrogen) atoms. The van der Waals surface area contributed by atoms with E-state index < -0.39 is 0 Å². The summed E-state index contributed by atoms with van der Waals surface area (Å²) in [5.41, 5.74) is 0.642. The average molecular weight is 181 g/mol. The van der Waals surface area contributed by atoms with Crippen molar-refractivity contribution in [3.63, 3.8) is 0 Å². The molecule has 0 saturated carbocycles. The highest BCUT2D eigenvalue weighted by molar-refractivity contribution is 5.38. The minimum absolute atomic E-state index is 0.642. The van der Waals surface area contributed by atoms with Crippen LogP contribution in [0.2, 0.25) is 0 Å². The van der Waals surface area contributed by atoms with Crippen LogP contribution >= 0.6 is 0 Å². The molecule has 0 amide bonds. The average Bonchev–Trinajstić information content (AvgIpc) is 2.19. The summed E-state index contributed by atoms with van der Waals surface area (Å²) in [7, 11) is 0. The molecule has 0 fully saturated rings. The molecule has 0 heterocycles. The lowest BCUT2D eigenvalue weighted by Crippen LogP contribution is -1.69. The number of hydrogen-bond donors (Lipinski definition) is 0. The van der Waals surface area contributed by atoms with Crippen molar-refractivity contribution in [2.45, 2.75) is 0 Å². The van der Waals surface area contributed by atoms with E-state index in [2.05, 4.69) is 6.07 Å². The van der Waals surface area contributed by atoms with Crippen molar-refractivity contribution < 1.29 is 0 Å². The molecule has 0 N–H and O–H groups in total. The van der Waals surface area contributed by atoms with Gasteiger partial charge in [-0.3, -0.25) is 0 Å². The summed E-state index contributed by atoms with van der Waals surface area (Å²) in [6, 6.07) is 2.10. The Morgan fingerprint density at radius 3 is 1.79 bits per heavy atom. The summed E-state index contributed by atoms with van der Waals surface area (Å²) in [5.74, 6) is 0. The van der Waals surface area contributed by atoms with Gasteiger partial charge in [0.15, 0.2) is 0 Å². The van der Waals surface area contributed by atoms with E-state index in [1.54, 1.807) is 12.2 Å². The molecule has 0 radical (unpaired) electrons. The first kappa shape index (κ1) is 10.0. The van der Waals surface area contributed by atoms with Crippen molar-refractivity contribution in [2.75, 3.05) is 0 Å². The summed E-state index contributed by atoms with van der Waals surface area (Å²) >= 11 is 0. The third-order valence-electron chi connectivity index (χ3n) is 1.57. The van der Waals surface area contributed by atoms with Gasteiger partial charge < -0.3 is 0 Å². The zero-order valence-corrected chi connectivity index (χ0v) is 7.80. The van der Waals surface area contributed by atoms with E-state index in [1.165, 1.54) is 0 Å². The van der Waals surface area contributed by atoms with Crippen molar-refractivity contribution in [1.29, 1.82) is 5.26 Å². The molecule has 68 valence electrons. The Hall–Kier alpha value is -2.07. The smallest absolute Gasteiger partial charge is 0.0991 e. The molecule has 0 aromatic carbocycles. The van der Waals surface area contributed by atoms with Crippen molar-refractivity contribution in [3.05, 3.63) is 72.4 Å². The van der Waals surface area contributed by atoms with Crippen LogP contribution in [0.4, 0.5) is 0 Å². The minimum atomic E-state index is 0.642. The zero-order chi connectivity index (χ0) is 10.1. The first-order valence-electron chi connectivity index (χ1n) is 4.38. The van der Waals surface area contributed by atoms with Gasteiger partial charge in [0.1, 0.15) is 0 Å². The minimum Gasteiger partial charge on any atom is -0.192 e. The highest BCUT2D eigenvalue weighted by Gasteiger charge is 1.83. The second-order valence-electron chi connectivity index (χ2n) is 2.63. The Morgan fingerprint density at radius 1 is 0.714 bits per heavy atom. The number of nitriles is 1. The Morgan fingerprint density at radius 2 is 1.21 bits per heavy atom. The second-order valence-corrected chi connectivity index (χ2v) is 2.63. The first-order chi connectivity index (χ1) is 6.93. The quantitative estimate of drug-likeness (QED) is 0.562. The highest BCUT2D eigenvalue weighted by atomic mass is 14.2. The summed E-state index contributed by atoms with van der Waals surface area (Å²) in [4.78, 5) is 0. The van der Waals surface area contributed by atoms with Crippen LogP contribution in [-0.4, -0.2) is 0 Å². The second kappa shape index (κ2) is 6.45. The number of hydrogen-bond acceptors (Lipinski definition) is 1. The van der Waals surface area contributed by atoms with Crippen LogP contribution < -0.4 is 0 Å². The molecule has 1 heteroatoms. The van der Waals surface area contributed by atoms with Crippen molar-refractivity contribution in [1.82, 2.24) is 0 Å². The first-order valence-corrected chi connectivity index (χ1v) is 4.38. The van der Waals surface area contributed by atoms with Gasteiger partial charge >= 0.3 is 0 Å². The molecular formula is C13H11N. The molecule has 1 rings (SSSR count). The van der Waals surface area contributed by atoms with E-state index in [1.807, 2.05) is 54.7 Å². The van der Waals surface area contributed by atoms with Crippen LogP contribution in [0, 0.1) is 11.3 Å². The molecule has 1 nitrogen and oxygen atoms in total. The maximum Gasteiger partial charge on any atom is 0.0991 e. The molecule has 0 aromatic heterocycles. The van der Waals surface area contributed by atoms with Gasteiger partial charge in [0.2, 0.25) is 0 Å². The van der Waals surface area contributed by atoms with Crippen LogP contribution in [0.15, 0.2) is 72.4 Å². The Balaban J connectivity index is 2.87. The SMILES string of the molecule is N#CC1=C/C=C\C=C/C=C/C=C/C=C\1. The summed E-state index contributed by atoms with van der Waals surface area (Å²) in [6.45, 7) is 0. The van der Waals surface area contributed by atoms with Crippen LogP contribution in [0.5, 0.6) is 0 Å². The molecular weight excluding hydrogens is 170 g/mol. The van der Waals surface area contributed by atoms with Gasteiger partial charge in [0.05, 0.1) is 11.6 Å². The number of rotatable bonds is 0. The molecule has 0 saturated heterocycles. The van der Waals surface area contributed by atoms with Crippen LogP contribution in [0.3, 0.4) is 0 Å². The predicted octanol–water partition coefficient (Wildman–Crippen LogP) is 3.23. The highest BCUT2D eigenvalue weighted by Crippen LogP contribution is 1.97. The molecule has 1 aliphatic carbocycles. The van der Waals surface area contributed by atoms with Crippen LogP contribution in [0.1, 0.15) is 0 Å². The van der Waals surface area contributed by atoms with Crippen molar-refractivity contribution >= 4 is 0 Å². The fraction of sp³-hybridized carbons (Fsp3) is 0. The van der Waals surface area contributed by atoms with Gasteiger partial charge in [-0.25, -0.2) is 0 Å². The van der Waals surface area contributed by atoms with E-state index in [4.69, 9.17) is 5.26 Å². The van der Waals surface area contributed by atoms with Crippen molar-refractivity contribution in [2.24, 2.45) is 0 Å². The summed E-state index contributed by atoms with van der Waals surface area (Å²) < 4.78 is 0. The van der Waals surface area contributed by atoms with Gasteiger partial charge in [-0.15, -0.1) is 0 Å². The Labute approximate surface area is 84.4 Å². The lowest BCUT2D eigenvalue weighted by Gasteiger charge is -1.83. The summed E-state index contributed by atoms with van der Waals surface area (Å²) in [5, 5.41) is 8.74. The van der Waals surface area contributed by atoms with Gasteiger partial charge in [-0.05, 0) is 12.2 Å². The maximum atomic E-state index is 8.74. The predicted molar refractivity (Wildman–Crippen MR) is 59.4 cm³/mol. The fourth-order valence-electron chi connectivity index (χ4n) is 0.898. The van der Waals surface area contributed by atoms with E-state index in [-0.39, 0.29) is 0 Å². The molecule has 0 unspecified atom stereocenters. The lowest BCUT2D eigenvalue weighted by atomic mass is 10.2. The Bertz CT molecular complexity index is 382. The molecule has 0 atom stereocenters. The Kier molecular flexibility index (Phi) is 4.61. The fourth-order valence-corrected chi connectivity index (χ4v) is 0.898. The van der Waals surface area contributed by atoms with E-state index in [9.17, 15) is 0 Å². The van der Waals surface area contributed by atoms with Crippen LogP contribution in [-0.2, 0) is 0 Å². The normalized spacial score (nSPS) is 30.6. The lowest BCUT2D eigenvalue weighted by molar-refractivity contribution is 1.50. The van der Waals surface area contributed by atoms with Gasteiger partial charge in [-0.1, -0.05) is 54.7 Å². The number of allylic oxidation sites excluding steroid dienone is 12. The van der Waals surface area contributed by atoms with Crippen molar-refractivity contribution in [3.8, 4) is 6.07 Å². The maximum absolute atomic E-state index is 8.74. The van der Waals surface area contributed by atoms with Gasteiger partial charge in [0.25, 0.3) is 0 Å². The zero-order valence-electron chi connectivity index (χ0n) is 7.80. The van der Waals surface area contributed by atoms with E-state index >= 15 is 0 Å². The third-order valence-corrected chi connectivity index (χ3v) is 1.57. The third kappa shape index (κ3) is 4.08. The van der Waals surface area contributed by atoms with E-state index in [0.717, 1.165) is 0 Å². The number of nitrogens with zero attached hydrogens (tertiary/aromatic N) is 1. The monoisotopic (exact) mass is 181 g/mol. The standard InChI is InChI=1S/C13H11N/c14-12-13-10-8-6-4-2-1-3-5-7-9-11-13/h1-11H/b2-1+,3-1?,4-2?,5-3-,6-4+,7-5?,8-6?,9-7-,10-8-,11-9?,13-10?,13-11+. The molecule has 0 aromatic rings. The van der Waals surface area contributed by atoms with Gasteiger partial charge in [0, 0.05) is 0 Å².